The number of nitrogens with one attached hydrogen (secondary N) is 1. The van der Waals surface area contributed by atoms with Gasteiger partial charge in [0.1, 0.15) is 18.9 Å². The topological polar surface area (TPSA) is 38.3 Å². The van der Waals surface area contributed by atoms with Gasteiger partial charge in [0.05, 0.1) is 25.7 Å². The van der Waals surface area contributed by atoms with Crippen LogP contribution in [0.4, 0.5) is 5.69 Å². The summed E-state index contributed by atoms with van der Waals surface area (Å²) in [6.07, 6.45) is 8.67. The normalized spacial score (nSPS) is 17.0. The van der Waals surface area contributed by atoms with Gasteiger partial charge >= 0.3 is 0 Å². The molecule has 2 aliphatic rings. The largest absolute Gasteiger partial charge is 0.488 e. The van der Waals surface area contributed by atoms with Gasteiger partial charge in [0, 0.05) is 21.3 Å². The molecule has 1 N–H and O–H groups in total. The second-order valence-corrected chi connectivity index (χ2v) is 9.94. The molecule has 5 heteroatoms. The van der Waals surface area contributed by atoms with Crippen LogP contribution in [0.1, 0.15) is 43.2 Å². The zero-order valence-electron chi connectivity index (χ0n) is 17.8. The first-order valence-electron chi connectivity index (χ1n) is 10.8. The third-order valence-electron chi connectivity index (χ3n) is 6.34. The van der Waals surface area contributed by atoms with Crippen LogP contribution in [0.5, 0.6) is 5.75 Å². The molecule has 1 heterocycles. The molecule has 1 saturated carbocycles. The van der Waals surface area contributed by atoms with E-state index >= 15 is 0 Å². The number of ether oxygens (including phenoxy) is 1. The van der Waals surface area contributed by atoms with Gasteiger partial charge in [0.2, 0.25) is 0 Å². The molecule has 0 radical (unpaired) electrons. The highest BCUT2D eigenvalue weighted by Gasteiger charge is 2.29. The molecule has 2 aromatic carbocycles. The van der Waals surface area contributed by atoms with E-state index in [2.05, 4.69) is 47.5 Å². The fourth-order valence-corrected chi connectivity index (χ4v) is 4.94. The van der Waals surface area contributed by atoms with Crippen LogP contribution in [0, 0.1) is 0 Å². The van der Waals surface area contributed by atoms with Crippen LogP contribution >= 0.6 is 15.9 Å². The number of anilines is 1. The lowest BCUT2D eigenvalue weighted by Gasteiger charge is -2.40. The van der Waals surface area contributed by atoms with Gasteiger partial charge in [-0.3, -0.25) is 4.79 Å². The Morgan fingerprint density at radius 3 is 2.57 bits per heavy atom. The molecule has 0 atom stereocenters. The average molecular weight is 470 g/mol. The zero-order valence-corrected chi connectivity index (χ0v) is 19.4. The van der Waals surface area contributed by atoms with E-state index in [-0.39, 0.29) is 12.5 Å². The molecule has 1 aliphatic heterocycles. The summed E-state index contributed by atoms with van der Waals surface area (Å²) in [6, 6.07) is 14.8. The standard InChI is InChI=1S/C25H29BrN2O2/c1-28(2,23-6-4-3-5-7-23)16-18-8-11-22(12-9-18)27-25(29)20-14-19-15-21(26)10-13-24(19)30-17-20/h8-15,23H,3-7,16-17H2,1-2H3/p+1. The van der Waals surface area contributed by atoms with Gasteiger partial charge in [0.25, 0.3) is 5.91 Å². The van der Waals surface area contributed by atoms with E-state index in [9.17, 15) is 4.79 Å². The highest BCUT2D eigenvalue weighted by Crippen LogP contribution is 2.30. The number of benzene rings is 2. The van der Waals surface area contributed by atoms with E-state index in [1.807, 2.05) is 36.4 Å². The molecule has 0 bridgehead atoms. The molecule has 0 unspecified atom stereocenters. The highest BCUT2D eigenvalue weighted by molar-refractivity contribution is 9.10. The van der Waals surface area contributed by atoms with Crippen LogP contribution in [0.2, 0.25) is 0 Å². The molecule has 0 spiro atoms. The van der Waals surface area contributed by atoms with Gasteiger partial charge in [-0.25, -0.2) is 0 Å². The lowest BCUT2D eigenvalue weighted by Crippen LogP contribution is -2.48. The molecule has 30 heavy (non-hydrogen) atoms. The first-order valence-corrected chi connectivity index (χ1v) is 11.6. The number of carbonyl (C=O) groups is 1. The van der Waals surface area contributed by atoms with Crippen molar-refractivity contribution in [1.29, 1.82) is 0 Å². The monoisotopic (exact) mass is 469 g/mol. The minimum absolute atomic E-state index is 0.119. The number of carbonyl (C=O) groups excluding carboxylic acids is 1. The molecule has 4 nitrogen and oxygen atoms in total. The summed E-state index contributed by atoms with van der Waals surface area (Å²) in [5, 5.41) is 3.01. The first-order chi connectivity index (χ1) is 14.4. The molecule has 1 amide bonds. The second kappa shape index (κ2) is 8.94. The van der Waals surface area contributed by atoms with Crippen LogP contribution < -0.4 is 10.1 Å². The van der Waals surface area contributed by atoms with Gasteiger partial charge in [-0.2, -0.15) is 0 Å². The van der Waals surface area contributed by atoms with E-state index in [4.69, 9.17) is 4.74 Å². The molecular weight excluding hydrogens is 440 g/mol. The number of hydrogen-bond donors (Lipinski definition) is 1. The lowest BCUT2D eigenvalue weighted by molar-refractivity contribution is -0.929. The molecule has 2 aromatic rings. The molecule has 0 aromatic heterocycles. The Labute approximate surface area is 187 Å². The van der Waals surface area contributed by atoms with E-state index in [1.165, 1.54) is 37.7 Å². The Balaban J connectivity index is 1.39. The van der Waals surface area contributed by atoms with E-state index in [0.717, 1.165) is 38.5 Å². The Morgan fingerprint density at radius 2 is 1.83 bits per heavy atom. The Kier molecular flexibility index (Phi) is 6.30. The zero-order chi connectivity index (χ0) is 21.1. The number of hydrogen-bond acceptors (Lipinski definition) is 2. The SMILES string of the molecule is C[N+](C)(Cc1ccc(NC(=O)C2=Cc3cc(Br)ccc3OC2)cc1)C1CCCCC1. The van der Waals surface area contributed by atoms with Gasteiger partial charge < -0.3 is 14.5 Å². The van der Waals surface area contributed by atoms with Crippen LogP contribution in [0.15, 0.2) is 52.5 Å². The molecule has 1 fully saturated rings. The third-order valence-corrected chi connectivity index (χ3v) is 6.83. The van der Waals surface area contributed by atoms with Crippen molar-refractivity contribution in [3.05, 3.63) is 63.6 Å². The summed E-state index contributed by atoms with van der Waals surface area (Å²) in [5.41, 5.74) is 3.66. The summed E-state index contributed by atoms with van der Waals surface area (Å²) in [5.74, 6) is 0.685. The Morgan fingerprint density at radius 1 is 1.10 bits per heavy atom. The van der Waals surface area contributed by atoms with E-state index < -0.39 is 0 Å². The number of rotatable bonds is 5. The quantitative estimate of drug-likeness (QED) is 0.564. The predicted molar refractivity (Wildman–Crippen MR) is 125 cm³/mol. The highest BCUT2D eigenvalue weighted by atomic mass is 79.9. The molecule has 1 aliphatic carbocycles. The average Bonchev–Trinajstić information content (AvgIpc) is 2.75. The maximum atomic E-state index is 12.7. The minimum Gasteiger partial charge on any atom is -0.488 e. The van der Waals surface area contributed by atoms with Gasteiger partial charge in [-0.1, -0.05) is 34.5 Å². The fraction of sp³-hybridized carbons (Fsp3) is 0.400. The fourth-order valence-electron chi connectivity index (χ4n) is 4.56. The Bertz CT molecular complexity index is 944. The number of amides is 1. The van der Waals surface area contributed by atoms with Crippen molar-refractivity contribution in [2.75, 3.05) is 26.0 Å². The maximum Gasteiger partial charge on any atom is 0.255 e. The van der Waals surface area contributed by atoms with Crippen molar-refractivity contribution in [3.63, 3.8) is 0 Å². The van der Waals surface area contributed by atoms with Crippen molar-refractivity contribution in [1.82, 2.24) is 0 Å². The Hall–Kier alpha value is -2.11. The van der Waals surface area contributed by atoms with Crippen LogP contribution in [-0.4, -0.2) is 37.1 Å². The summed E-state index contributed by atoms with van der Waals surface area (Å²) >= 11 is 3.47. The number of halogens is 1. The van der Waals surface area contributed by atoms with Crippen molar-refractivity contribution in [3.8, 4) is 5.75 Å². The smallest absolute Gasteiger partial charge is 0.255 e. The van der Waals surface area contributed by atoms with Crippen molar-refractivity contribution in [2.24, 2.45) is 0 Å². The molecule has 4 rings (SSSR count). The van der Waals surface area contributed by atoms with Crippen molar-refractivity contribution in [2.45, 2.75) is 44.7 Å². The third kappa shape index (κ3) is 4.96. The summed E-state index contributed by atoms with van der Waals surface area (Å²) < 4.78 is 7.73. The van der Waals surface area contributed by atoms with Crippen LogP contribution in [-0.2, 0) is 11.3 Å². The van der Waals surface area contributed by atoms with Crippen molar-refractivity contribution < 1.29 is 14.0 Å². The number of nitrogens with zero attached hydrogens (tertiary/aromatic N) is 1. The number of fused-ring (bicyclic) bond motifs is 1. The minimum atomic E-state index is -0.119. The van der Waals surface area contributed by atoms with Crippen molar-refractivity contribution >= 4 is 33.6 Å². The molecule has 158 valence electrons. The maximum absolute atomic E-state index is 12.7. The van der Waals surface area contributed by atoms with Gasteiger partial charge in [-0.05, 0) is 62.1 Å². The van der Waals surface area contributed by atoms with Crippen LogP contribution in [0.3, 0.4) is 0 Å². The molecule has 0 saturated heterocycles. The first kappa shape index (κ1) is 21.1. The summed E-state index contributed by atoms with van der Waals surface area (Å²) in [7, 11) is 4.69. The summed E-state index contributed by atoms with van der Waals surface area (Å²) in [6.45, 7) is 1.30. The second-order valence-electron chi connectivity index (χ2n) is 9.02. The van der Waals surface area contributed by atoms with Gasteiger partial charge in [0.15, 0.2) is 0 Å². The van der Waals surface area contributed by atoms with E-state index in [0.29, 0.717) is 5.57 Å². The number of quaternary nitrogens is 1. The lowest BCUT2D eigenvalue weighted by atomic mass is 9.92. The van der Waals surface area contributed by atoms with Gasteiger partial charge in [-0.15, -0.1) is 0 Å². The van der Waals surface area contributed by atoms with E-state index in [1.54, 1.807) is 0 Å². The molecular formula is C25H30BrN2O2+. The van der Waals surface area contributed by atoms with Crippen LogP contribution in [0.25, 0.3) is 6.08 Å². The summed E-state index contributed by atoms with van der Waals surface area (Å²) in [4.78, 5) is 12.7. The predicted octanol–water partition coefficient (Wildman–Crippen LogP) is 5.77.